The van der Waals surface area contributed by atoms with Crippen LogP contribution < -0.4 is 10.6 Å². The quantitative estimate of drug-likeness (QED) is 0.648. The summed E-state index contributed by atoms with van der Waals surface area (Å²) in [4.78, 5) is 40.5. The van der Waals surface area contributed by atoms with Gasteiger partial charge in [-0.25, -0.2) is 0 Å². The fourth-order valence-corrected chi connectivity index (χ4v) is 4.16. The summed E-state index contributed by atoms with van der Waals surface area (Å²) in [6.45, 7) is 0.400. The molecule has 3 amide bonds. The zero-order valence-electron chi connectivity index (χ0n) is 23.9. The molecule has 2 fully saturated rings. The molecule has 3 aliphatic rings. The van der Waals surface area contributed by atoms with Gasteiger partial charge in [-0.1, -0.05) is 30.3 Å². The monoisotopic (exact) mass is 454 g/mol. The number of hydrogen-bond acceptors (Lipinski definition) is 6. The lowest BCUT2D eigenvalue weighted by atomic mass is 10.0. The molecule has 2 aromatic rings. The Labute approximate surface area is 201 Å². The van der Waals surface area contributed by atoms with Crippen LogP contribution in [-0.2, 0) is 33.9 Å². The first-order valence-electron chi connectivity index (χ1n) is 13.8. The molecule has 0 aliphatic carbocycles. The first-order chi connectivity index (χ1) is 18.4. The van der Waals surface area contributed by atoms with Gasteiger partial charge < -0.3 is 15.0 Å². The van der Waals surface area contributed by atoms with Crippen molar-refractivity contribution < 1.29 is 27.3 Å². The second-order valence-electron chi connectivity index (χ2n) is 8.02. The molecule has 0 radical (unpaired) electrons. The third kappa shape index (κ3) is 4.62. The number of carbonyl (C=O) groups is 3. The lowest BCUT2D eigenvalue weighted by Gasteiger charge is -2.29. The molecule has 0 spiro atoms. The van der Waals surface area contributed by atoms with Crippen LogP contribution in [0.3, 0.4) is 0 Å². The summed E-state index contributed by atoms with van der Waals surface area (Å²) in [6, 6.07) is 10.3. The number of hydrogen-bond donors (Lipinski definition) is 2. The van der Waals surface area contributed by atoms with E-state index in [1.807, 2.05) is 11.4 Å². The Morgan fingerprint density at radius 3 is 2.76 bits per heavy atom. The van der Waals surface area contributed by atoms with Crippen LogP contribution in [0.2, 0.25) is 0 Å². The number of nitrogens with zero attached hydrogens (tertiary/aromatic N) is 2. The fraction of sp³-hybridized carbons (Fsp3) is 0.400. The molecular formula is C25H28N4O4. The van der Waals surface area contributed by atoms with Crippen LogP contribution in [0.1, 0.15) is 48.0 Å². The van der Waals surface area contributed by atoms with E-state index in [2.05, 4.69) is 5.32 Å². The standard InChI is InChI=1S/C25H28N4O4/c30-23-8-7-22(24(31)27-23)29-16-20-19(25(29)32)5-2-6-21(20)26-14-17-3-1-4-18(13-17)15-28-9-11-33-12-10-28/h1-6,13,22,26H,7-12,14-16H2,(H,27,30,31)/i7D2,8D2,15D2. The molecule has 0 bridgehead atoms. The molecule has 0 aromatic heterocycles. The van der Waals surface area contributed by atoms with E-state index < -0.39 is 43.0 Å². The molecule has 2 aromatic carbocycles. The highest BCUT2D eigenvalue weighted by atomic mass is 16.5. The van der Waals surface area contributed by atoms with Crippen molar-refractivity contribution in [2.75, 3.05) is 31.6 Å². The van der Waals surface area contributed by atoms with Gasteiger partial charge in [-0.05, 0) is 29.6 Å². The summed E-state index contributed by atoms with van der Waals surface area (Å²) in [5.74, 6) is -3.08. The number of fused-ring (bicyclic) bond motifs is 1. The van der Waals surface area contributed by atoms with Gasteiger partial charge in [0.25, 0.3) is 5.91 Å². The van der Waals surface area contributed by atoms with E-state index in [4.69, 9.17) is 13.0 Å². The van der Waals surface area contributed by atoms with Crippen LogP contribution >= 0.6 is 0 Å². The van der Waals surface area contributed by atoms with Gasteiger partial charge in [0.2, 0.25) is 11.8 Å². The zero-order chi connectivity index (χ0) is 28.2. The van der Waals surface area contributed by atoms with Gasteiger partial charge in [-0.2, -0.15) is 0 Å². The predicted molar refractivity (Wildman–Crippen MR) is 122 cm³/mol. The van der Waals surface area contributed by atoms with Gasteiger partial charge >= 0.3 is 0 Å². The highest BCUT2D eigenvalue weighted by molar-refractivity contribution is 6.06. The number of ether oxygens (including phenoxy) is 1. The number of nitrogens with one attached hydrogen (secondary N) is 2. The first kappa shape index (κ1) is 15.6. The van der Waals surface area contributed by atoms with Gasteiger partial charge in [0.1, 0.15) is 6.04 Å². The Hall–Kier alpha value is -3.23. The van der Waals surface area contributed by atoms with Gasteiger partial charge in [-0.3, -0.25) is 24.6 Å². The number of morpholine rings is 1. The van der Waals surface area contributed by atoms with Crippen LogP contribution in [0, 0.1) is 0 Å². The van der Waals surface area contributed by atoms with Crippen molar-refractivity contribution in [2.45, 2.75) is 38.4 Å². The van der Waals surface area contributed by atoms with Crippen molar-refractivity contribution in [1.29, 1.82) is 0 Å². The molecule has 3 aliphatic heterocycles. The largest absolute Gasteiger partial charge is 0.381 e. The number of imide groups is 1. The van der Waals surface area contributed by atoms with E-state index in [1.165, 1.54) is 0 Å². The van der Waals surface area contributed by atoms with Crippen molar-refractivity contribution in [3.8, 4) is 0 Å². The average Bonchev–Trinajstić information content (AvgIpc) is 3.23. The lowest BCUT2D eigenvalue weighted by Crippen LogP contribution is -2.52. The smallest absolute Gasteiger partial charge is 0.255 e. The van der Waals surface area contributed by atoms with E-state index >= 15 is 0 Å². The summed E-state index contributed by atoms with van der Waals surface area (Å²) < 4.78 is 55.0. The van der Waals surface area contributed by atoms with Crippen LogP contribution in [-0.4, -0.2) is 59.9 Å². The normalized spacial score (nSPS) is 27.3. The molecule has 1 atom stereocenters. The summed E-state index contributed by atoms with van der Waals surface area (Å²) in [5, 5.41) is 5.12. The Bertz CT molecular complexity index is 1330. The molecule has 1 unspecified atom stereocenters. The zero-order valence-corrected chi connectivity index (χ0v) is 17.9. The lowest BCUT2D eigenvalue weighted by molar-refractivity contribution is -0.136. The molecule has 2 saturated heterocycles. The summed E-state index contributed by atoms with van der Waals surface area (Å²) in [5.41, 5.74) is 2.65. The van der Waals surface area contributed by atoms with Gasteiger partial charge in [0, 0.05) is 64.1 Å². The van der Waals surface area contributed by atoms with Crippen molar-refractivity contribution in [3.05, 3.63) is 64.7 Å². The Kier molecular flexibility index (Phi) is 4.40. The fourth-order valence-electron chi connectivity index (χ4n) is 4.16. The molecule has 33 heavy (non-hydrogen) atoms. The molecule has 0 saturated carbocycles. The predicted octanol–water partition coefficient (Wildman–Crippen LogP) is 1.89. The minimum Gasteiger partial charge on any atom is -0.381 e. The highest BCUT2D eigenvalue weighted by Crippen LogP contribution is 2.32. The van der Waals surface area contributed by atoms with Gasteiger partial charge in [0.05, 0.1) is 13.2 Å². The molecule has 8 heteroatoms. The average molecular weight is 455 g/mol. The second-order valence-corrected chi connectivity index (χ2v) is 8.02. The Balaban J connectivity index is 1.36. The molecule has 3 heterocycles. The van der Waals surface area contributed by atoms with E-state index in [9.17, 15) is 14.4 Å². The number of benzene rings is 2. The minimum absolute atomic E-state index is 0.154. The van der Waals surface area contributed by atoms with Crippen LogP contribution in [0.5, 0.6) is 0 Å². The minimum atomic E-state index is -3.02. The number of anilines is 1. The van der Waals surface area contributed by atoms with E-state index in [0.717, 1.165) is 10.5 Å². The topological polar surface area (TPSA) is 91.0 Å². The number of amides is 3. The first-order valence-corrected chi connectivity index (χ1v) is 10.8. The van der Waals surface area contributed by atoms with Gasteiger partial charge in [-0.15, -0.1) is 0 Å². The van der Waals surface area contributed by atoms with Crippen molar-refractivity contribution in [1.82, 2.24) is 15.1 Å². The van der Waals surface area contributed by atoms with E-state index in [0.29, 0.717) is 49.7 Å². The third-order valence-electron chi connectivity index (χ3n) is 5.82. The number of piperidine rings is 1. The maximum Gasteiger partial charge on any atom is 0.255 e. The molecular weight excluding hydrogens is 420 g/mol. The maximum absolute atomic E-state index is 13.2. The SMILES string of the molecule is [2H]C([2H])(c1cccc(CNc2cccc3c2CN(C2C(=O)NC(=O)C([2H])([2H])C2([2H])[2H])C3=O)c1)N1CCOCC1. The Morgan fingerprint density at radius 1 is 1.12 bits per heavy atom. The van der Waals surface area contributed by atoms with Crippen molar-refractivity contribution in [3.63, 3.8) is 0 Å². The van der Waals surface area contributed by atoms with E-state index in [-0.39, 0.29) is 12.1 Å². The van der Waals surface area contributed by atoms with Crippen LogP contribution in [0.15, 0.2) is 42.5 Å². The van der Waals surface area contributed by atoms with E-state index in [1.54, 1.807) is 41.3 Å². The van der Waals surface area contributed by atoms with Crippen molar-refractivity contribution >= 4 is 23.4 Å². The maximum atomic E-state index is 13.2. The number of carbonyl (C=O) groups excluding carboxylic acids is 3. The van der Waals surface area contributed by atoms with Crippen LogP contribution in [0.25, 0.3) is 0 Å². The summed E-state index contributed by atoms with van der Waals surface area (Å²) in [6.07, 6.45) is -5.96. The molecule has 2 N–H and O–H groups in total. The third-order valence-corrected chi connectivity index (χ3v) is 5.82. The second kappa shape index (κ2) is 9.33. The van der Waals surface area contributed by atoms with Crippen LogP contribution in [0.4, 0.5) is 5.69 Å². The summed E-state index contributed by atoms with van der Waals surface area (Å²) >= 11 is 0. The molecule has 8 nitrogen and oxygen atoms in total. The number of rotatable bonds is 6. The highest BCUT2D eigenvalue weighted by Gasteiger charge is 2.39. The molecule has 172 valence electrons. The Morgan fingerprint density at radius 2 is 1.91 bits per heavy atom. The van der Waals surface area contributed by atoms with Gasteiger partial charge in [0.15, 0.2) is 0 Å². The molecule has 5 rings (SSSR count). The van der Waals surface area contributed by atoms with Crippen molar-refractivity contribution in [2.24, 2.45) is 0 Å². The summed E-state index contributed by atoms with van der Waals surface area (Å²) in [7, 11) is 0.